The van der Waals surface area contributed by atoms with Crippen LogP contribution in [0.5, 0.6) is 0 Å². The van der Waals surface area contributed by atoms with Gasteiger partial charge < -0.3 is 14.1 Å². The highest BCUT2D eigenvalue weighted by molar-refractivity contribution is 7.89. The Morgan fingerprint density at radius 3 is 2.51 bits per heavy atom. The van der Waals surface area contributed by atoms with E-state index < -0.39 is 16.0 Å². The van der Waals surface area contributed by atoms with Crippen molar-refractivity contribution in [3.63, 3.8) is 0 Å². The molecule has 4 rings (SSSR count). The Kier molecular flexibility index (Phi) is 7.57. The van der Waals surface area contributed by atoms with Crippen molar-refractivity contribution >= 4 is 32.9 Å². The number of ether oxygens (including phenoxy) is 1. The van der Waals surface area contributed by atoms with Crippen LogP contribution in [0.25, 0.3) is 11.0 Å². The number of carbonyl (C=O) groups excluding carboxylic acids is 2. The minimum absolute atomic E-state index is 0.0424. The third-order valence-electron chi connectivity index (χ3n) is 6.45. The Hall–Kier alpha value is -3.17. The summed E-state index contributed by atoms with van der Waals surface area (Å²) in [6.45, 7) is 5.29. The molecule has 1 aliphatic rings. The lowest BCUT2D eigenvalue weighted by molar-refractivity contribution is 0.0491. The molecule has 1 aromatic heterocycles. The Morgan fingerprint density at radius 1 is 1.11 bits per heavy atom. The number of fused-ring (bicyclic) bond motifs is 1. The standard InChI is InChI=1S/C26H30N2O6S/c1-3-33-26(30)24-18(2)22-17-21(9-10-23(22)34-24)35(31,32)27-14-11-19-12-15-28(16-13-19)25(29)20-7-5-4-6-8-20/h4-10,17,19,27H,3,11-16H2,1-2H3. The molecule has 8 nitrogen and oxygen atoms in total. The lowest BCUT2D eigenvalue weighted by atomic mass is 9.93. The summed E-state index contributed by atoms with van der Waals surface area (Å²) in [6, 6.07) is 13.8. The largest absolute Gasteiger partial charge is 0.460 e. The Labute approximate surface area is 205 Å². The van der Waals surface area contributed by atoms with Gasteiger partial charge in [0.25, 0.3) is 5.91 Å². The van der Waals surface area contributed by atoms with Crippen molar-refractivity contribution in [2.75, 3.05) is 26.2 Å². The van der Waals surface area contributed by atoms with Gasteiger partial charge in [0, 0.05) is 36.1 Å². The van der Waals surface area contributed by atoms with Crippen LogP contribution in [0.4, 0.5) is 0 Å². The van der Waals surface area contributed by atoms with Gasteiger partial charge in [-0.15, -0.1) is 0 Å². The molecule has 2 heterocycles. The van der Waals surface area contributed by atoms with Crippen LogP contribution in [0.2, 0.25) is 0 Å². The first-order chi connectivity index (χ1) is 16.8. The summed E-state index contributed by atoms with van der Waals surface area (Å²) in [5.74, 6) is -0.0919. The highest BCUT2D eigenvalue weighted by Gasteiger charge is 2.25. The molecule has 1 N–H and O–H groups in total. The van der Waals surface area contributed by atoms with Crippen molar-refractivity contribution in [1.82, 2.24) is 9.62 Å². The number of hydrogen-bond donors (Lipinski definition) is 1. The fourth-order valence-electron chi connectivity index (χ4n) is 4.43. The molecule has 0 atom stereocenters. The highest BCUT2D eigenvalue weighted by atomic mass is 32.2. The molecule has 0 aliphatic carbocycles. The summed E-state index contributed by atoms with van der Waals surface area (Å²) in [5.41, 5.74) is 1.67. The molecule has 3 aromatic rings. The second-order valence-electron chi connectivity index (χ2n) is 8.72. The number of piperidine rings is 1. The van der Waals surface area contributed by atoms with E-state index in [1.807, 2.05) is 35.2 Å². The van der Waals surface area contributed by atoms with Gasteiger partial charge in [0.15, 0.2) is 0 Å². The summed E-state index contributed by atoms with van der Waals surface area (Å²) < 4.78 is 39.0. The number of hydrogen-bond acceptors (Lipinski definition) is 6. The summed E-state index contributed by atoms with van der Waals surface area (Å²) >= 11 is 0. The van der Waals surface area contributed by atoms with E-state index in [4.69, 9.17) is 9.15 Å². The van der Waals surface area contributed by atoms with Crippen LogP contribution < -0.4 is 4.72 Å². The van der Waals surface area contributed by atoms with Crippen molar-refractivity contribution in [1.29, 1.82) is 0 Å². The van der Waals surface area contributed by atoms with Crippen LogP contribution in [-0.2, 0) is 14.8 Å². The molecule has 1 saturated heterocycles. The van der Waals surface area contributed by atoms with Crippen LogP contribution in [-0.4, -0.2) is 51.4 Å². The van der Waals surface area contributed by atoms with E-state index in [1.165, 1.54) is 12.1 Å². The minimum Gasteiger partial charge on any atom is -0.460 e. The van der Waals surface area contributed by atoms with Crippen LogP contribution >= 0.6 is 0 Å². The lowest BCUT2D eigenvalue weighted by Gasteiger charge is -2.32. The zero-order valence-electron chi connectivity index (χ0n) is 20.0. The predicted octanol–water partition coefficient (Wildman–Crippen LogP) is 4.14. The summed E-state index contributed by atoms with van der Waals surface area (Å²) in [5, 5.41) is 0.561. The van der Waals surface area contributed by atoms with Gasteiger partial charge in [-0.3, -0.25) is 4.79 Å². The SMILES string of the molecule is CCOC(=O)c1oc2ccc(S(=O)(=O)NCCC3CCN(C(=O)c4ccccc4)CC3)cc2c1C. The van der Waals surface area contributed by atoms with E-state index in [0.717, 1.165) is 12.8 Å². The van der Waals surface area contributed by atoms with Gasteiger partial charge in [0.2, 0.25) is 15.8 Å². The van der Waals surface area contributed by atoms with E-state index in [9.17, 15) is 18.0 Å². The quantitative estimate of drug-likeness (QED) is 0.468. The van der Waals surface area contributed by atoms with Gasteiger partial charge in [-0.05, 0) is 69.4 Å². The molecule has 0 unspecified atom stereocenters. The molecule has 0 radical (unpaired) electrons. The Morgan fingerprint density at radius 2 is 1.83 bits per heavy atom. The number of carbonyl (C=O) groups is 2. The van der Waals surface area contributed by atoms with E-state index in [0.29, 0.717) is 54.1 Å². The van der Waals surface area contributed by atoms with Crippen LogP contribution in [0.1, 0.15) is 52.7 Å². The van der Waals surface area contributed by atoms with Crippen molar-refractivity contribution < 1.29 is 27.2 Å². The molecule has 1 aliphatic heterocycles. The average Bonchev–Trinajstić information content (AvgIpc) is 3.20. The number of sulfonamides is 1. The third kappa shape index (κ3) is 5.57. The van der Waals surface area contributed by atoms with Crippen molar-refractivity contribution in [3.8, 4) is 0 Å². The van der Waals surface area contributed by atoms with Gasteiger partial charge in [-0.2, -0.15) is 0 Å². The summed E-state index contributed by atoms with van der Waals surface area (Å²) in [4.78, 5) is 26.7. The number of nitrogens with one attached hydrogen (secondary N) is 1. The maximum Gasteiger partial charge on any atom is 0.374 e. The normalized spacial score (nSPS) is 14.9. The Balaban J connectivity index is 1.32. The van der Waals surface area contributed by atoms with Crippen molar-refractivity contribution in [3.05, 3.63) is 65.4 Å². The number of furan rings is 1. The number of nitrogens with zero attached hydrogens (tertiary/aromatic N) is 1. The second kappa shape index (κ2) is 10.6. The van der Waals surface area contributed by atoms with E-state index in [-0.39, 0.29) is 23.2 Å². The number of esters is 1. The third-order valence-corrected chi connectivity index (χ3v) is 7.90. The van der Waals surface area contributed by atoms with Crippen LogP contribution in [0, 0.1) is 12.8 Å². The summed E-state index contributed by atoms with van der Waals surface area (Å²) in [6.07, 6.45) is 2.39. The van der Waals surface area contributed by atoms with Crippen LogP contribution in [0.15, 0.2) is 57.8 Å². The van der Waals surface area contributed by atoms with E-state index in [2.05, 4.69) is 4.72 Å². The van der Waals surface area contributed by atoms with Crippen molar-refractivity contribution in [2.45, 2.75) is 38.0 Å². The number of likely N-dealkylation sites (tertiary alicyclic amines) is 1. The molecule has 0 saturated carbocycles. The summed E-state index contributed by atoms with van der Waals surface area (Å²) in [7, 11) is -3.72. The molecular weight excluding hydrogens is 468 g/mol. The molecule has 1 amide bonds. The van der Waals surface area contributed by atoms with Gasteiger partial charge in [0.05, 0.1) is 11.5 Å². The Bertz CT molecular complexity index is 1310. The van der Waals surface area contributed by atoms with Crippen molar-refractivity contribution in [2.24, 2.45) is 5.92 Å². The zero-order valence-corrected chi connectivity index (χ0v) is 20.8. The fourth-order valence-corrected chi connectivity index (χ4v) is 5.50. The number of benzene rings is 2. The predicted molar refractivity (Wildman–Crippen MR) is 132 cm³/mol. The maximum absolute atomic E-state index is 12.9. The number of aryl methyl sites for hydroxylation is 1. The molecule has 2 aromatic carbocycles. The second-order valence-corrected chi connectivity index (χ2v) is 10.5. The zero-order chi connectivity index (χ0) is 25.0. The minimum atomic E-state index is -3.72. The molecule has 9 heteroatoms. The highest BCUT2D eigenvalue weighted by Crippen LogP contribution is 2.28. The first kappa shape index (κ1) is 24.9. The molecule has 186 valence electrons. The lowest BCUT2D eigenvalue weighted by Crippen LogP contribution is -2.39. The number of amides is 1. The molecule has 1 fully saturated rings. The van der Waals surface area contributed by atoms with Gasteiger partial charge in [-0.25, -0.2) is 17.9 Å². The first-order valence-corrected chi connectivity index (χ1v) is 13.3. The van der Waals surface area contributed by atoms with E-state index >= 15 is 0 Å². The van der Waals surface area contributed by atoms with Gasteiger partial charge in [0.1, 0.15) is 5.58 Å². The molecule has 35 heavy (non-hydrogen) atoms. The molecular formula is C26H30N2O6S. The topological polar surface area (TPSA) is 106 Å². The number of rotatable bonds is 8. The molecule has 0 bridgehead atoms. The fraction of sp³-hybridized carbons (Fsp3) is 0.385. The maximum atomic E-state index is 12.9. The van der Waals surface area contributed by atoms with Crippen LogP contribution in [0.3, 0.4) is 0 Å². The first-order valence-electron chi connectivity index (χ1n) is 11.8. The smallest absolute Gasteiger partial charge is 0.374 e. The van der Waals surface area contributed by atoms with E-state index in [1.54, 1.807) is 19.9 Å². The monoisotopic (exact) mass is 498 g/mol. The molecule has 0 spiro atoms. The average molecular weight is 499 g/mol. The van der Waals surface area contributed by atoms with Gasteiger partial charge >= 0.3 is 5.97 Å². The van der Waals surface area contributed by atoms with Gasteiger partial charge in [-0.1, -0.05) is 18.2 Å².